The Morgan fingerprint density at radius 2 is 1.86 bits per heavy atom. The number of rotatable bonds is 4. The van der Waals surface area contributed by atoms with Crippen molar-refractivity contribution in [3.8, 4) is 0 Å². The molecule has 0 saturated carbocycles. The van der Waals surface area contributed by atoms with Crippen molar-refractivity contribution in [3.63, 3.8) is 0 Å². The van der Waals surface area contributed by atoms with Crippen LogP contribution in [0.4, 0.5) is 5.69 Å². The highest BCUT2D eigenvalue weighted by molar-refractivity contribution is 7.90. The lowest BCUT2D eigenvalue weighted by molar-refractivity contribution is 0.102. The summed E-state index contributed by atoms with van der Waals surface area (Å²) in [5.74, 6) is -0.282. The first-order valence-electron chi connectivity index (χ1n) is 6.46. The molecule has 0 bridgehead atoms. The number of hydrogen-bond donors (Lipinski definition) is 1. The molecule has 1 aromatic carbocycles. The van der Waals surface area contributed by atoms with Gasteiger partial charge in [-0.25, -0.2) is 8.42 Å². The van der Waals surface area contributed by atoms with Gasteiger partial charge in [-0.05, 0) is 42.3 Å². The van der Waals surface area contributed by atoms with Crippen molar-refractivity contribution < 1.29 is 13.2 Å². The third kappa shape index (κ3) is 3.66. The number of nitrogens with zero attached hydrogens (tertiary/aromatic N) is 1. The lowest BCUT2D eigenvalue weighted by Crippen LogP contribution is -2.13. The zero-order valence-electron chi connectivity index (χ0n) is 11.8. The molecule has 0 atom stereocenters. The van der Waals surface area contributed by atoms with Crippen LogP contribution in [0.25, 0.3) is 0 Å². The second kappa shape index (κ2) is 6.05. The summed E-state index contributed by atoms with van der Waals surface area (Å²) in [4.78, 5) is 16.4. The van der Waals surface area contributed by atoms with Crippen molar-refractivity contribution in [1.29, 1.82) is 0 Å². The number of aromatic nitrogens is 1. The SMILES string of the molecule is CCc1cnccc1NC(=O)c1ccc(S(C)(=O)=O)cc1. The van der Waals surface area contributed by atoms with Crippen LogP contribution in [0, 0.1) is 0 Å². The molecule has 2 rings (SSSR count). The molecule has 0 fully saturated rings. The number of sulfone groups is 1. The fourth-order valence-electron chi connectivity index (χ4n) is 1.88. The van der Waals surface area contributed by atoms with Crippen molar-refractivity contribution >= 4 is 21.4 Å². The number of carbonyl (C=O) groups is 1. The maximum Gasteiger partial charge on any atom is 0.255 e. The Kier molecular flexibility index (Phi) is 4.37. The first-order chi connectivity index (χ1) is 9.91. The van der Waals surface area contributed by atoms with Gasteiger partial charge < -0.3 is 5.32 Å². The van der Waals surface area contributed by atoms with E-state index < -0.39 is 9.84 Å². The highest BCUT2D eigenvalue weighted by atomic mass is 32.2. The Morgan fingerprint density at radius 3 is 2.43 bits per heavy atom. The molecule has 6 heteroatoms. The van der Waals surface area contributed by atoms with Gasteiger partial charge in [0.15, 0.2) is 9.84 Å². The van der Waals surface area contributed by atoms with Gasteiger partial charge in [0.2, 0.25) is 0 Å². The molecule has 110 valence electrons. The van der Waals surface area contributed by atoms with E-state index in [1.165, 1.54) is 24.3 Å². The van der Waals surface area contributed by atoms with Crippen molar-refractivity contribution in [2.24, 2.45) is 0 Å². The molecule has 1 amide bonds. The molecule has 1 aromatic heterocycles. The quantitative estimate of drug-likeness (QED) is 0.940. The van der Waals surface area contributed by atoms with Crippen molar-refractivity contribution in [3.05, 3.63) is 53.9 Å². The maximum atomic E-state index is 12.2. The minimum atomic E-state index is -3.25. The van der Waals surface area contributed by atoms with E-state index in [1.54, 1.807) is 18.5 Å². The minimum Gasteiger partial charge on any atom is -0.322 e. The van der Waals surface area contributed by atoms with E-state index in [1.807, 2.05) is 6.92 Å². The molecule has 0 aliphatic carbocycles. The van der Waals surface area contributed by atoms with E-state index in [0.717, 1.165) is 18.2 Å². The Bertz CT molecular complexity index is 753. The highest BCUT2D eigenvalue weighted by Crippen LogP contribution is 2.16. The lowest BCUT2D eigenvalue weighted by atomic mass is 10.1. The molecular weight excluding hydrogens is 288 g/mol. The van der Waals surface area contributed by atoms with Crippen molar-refractivity contribution in [2.45, 2.75) is 18.2 Å². The van der Waals surface area contributed by atoms with Gasteiger partial charge in [0.05, 0.1) is 4.90 Å². The summed E-state index contributed by atoms with van der Waals surface area (Å²) in [7, 11) is -3.25. The molecule has 0 unspecified atom stereocenters. The summed E-state index contributed by atoms with van der Waals surface area (Å²) < 4.78 is 22.8. The number of hydrogen-bond acceptors (Lipinski definition) is 4. The zero-order valence-corrected chi connectivity index (χ0v) is 12.6. The summed E-state index contributed by atoms with van der Waals surface area (Å²) in [6, 6.07) is 7.59. The third-order valence-corrected chi connectivity index (χ3v) is 4.21. The van der Waals surface area contributed by atoms with Gasteiger partial charge in [-0.3, -0.25) is 9.78 Å². The van der Waals surface area contributed by atoms with Crippen molar-refractivity contribution in [1.82, 2.24) is 4.98 Å². The number of carbonyl (C=O) groups excluding carboxylic acids is 1. The molecule has 2 aromatic rings. The van der Waals surface area contributed by atoms with Gasteiger partial charge in [0.1, 0.15) is 0 Å². The molecule has 1 N–H and O–H groups in total. The van der Waals surface area contributed by atoms with E-state index in [-0.39, 0.29) is 10.8 Å². The predicted molar refractivity (Wildman–Crippen MR) is 81.1 cm³/mol. The second-order valence-electron chi connectivity index (χ2n) is 4.64. The molecule has 21 heavy (non-hydrogen) atoms. The van der Waals surface area contributed by atoms with Crippen LogP contribution in [0.1, 0.15) is 22.8 Å². The Balaban J connectivity index is 2.21. The number of nitrogens with one attached hydrogen (secondary N) is 1. The summed E-state index contributed by atoms with van der Waals surface area (Å²) >= 11 is 0. The van der Waals surface area contributed by atoms with E-state index in [4.69, 9.17) is 0 Å². The Morgan fingerprint density at radius 1 is 1.19 bits per heavy atom. The first kappa shape index (κ1) is 15.2. The molecule has 5 nitrogen and oxygen atoms in total. The third-order valence-electron chi connectivity index (χ3n) is 3.08. The molecule has 0 saturated heterocycles. The highest BCUT2D eigenvalue weighted by Gasteiger charge is 2.11. The number of pyridine rings is 1. The molecule has 0 spiro atoms. The number of benzene rings is 1. The van der Waals surface area contributed by atoms with Gasteiger partial charge in [-0.15, -0.1) is 0 Å². The van der Waals surface area contributed by atoms with Gasteiger partial charge >= 0.3 is 0 Å². The monoisotopic (exact) mass is 304 g/mol. The average molecular weight is 304 g/mol. The summed E-state index contributed by atoms with van der Waals surface area (Å²) in [5, 5.41) is 2.81. The number of aryl methyl sites for hydroxylation is 1. The van der Waals surface area contributed by atoms with Crippen LogP contribution in [0.5, 0.6) is 0 Å². The Labute approximate surface area is 124 Å². The van der Waals surface area contributed by atoms with Gasteiger partial charge in [0.25, 0.3) is 5.91 Å². The molecule has 0 radical (unpaired) electrons. The topological polar surface area (TPSA) is 76.1 Å². The molecule has 1 heterocycles. The normalized spacial score (nSPS) is 11.1. The van der Waals surface area contributed by atoms with Crippen molar-refractivity contribution in [2.75, 3.05) is 11.6 Å². The van der Waals surface area contributed by atoms with Gasteiger partial charge in [-0.2, -0.15) is 0 Å². The standard InChI is InChI=1S/C15H16N2O3S/c1-3-11-10-16-9-8-14(11)17-15(18)12-4-6-13(7-5-12)21(2,19)20/h4-10H,3H2,1-2H3,(H,16,17,18). The predicted octanol–water partition coefficient (Wildman–Crippen LogP) is 2.30. The van der Waals surface area contributed by atoms with Crippen LogP contribution in [-0.4, -0.2) is 25.6 Å². The number of anilines is 1. The first-order valence-corrected chi connectivity index (χ1v) is 8.35. The Hall–Kier alpha value is -2.21. The van der Waals surface area contributed by atoms with Crippen LogP contribution in [0.3, 0.4) is 0 Å². The zero-order chi connectivity index (χ0) is 15.5. The second-order valence-corrected chi connectivity index (χ2v) is 6.65. The smallest absolute Gasteiger partial charge is 0.255 e. The van der Waals surface area contributed by atoms with Crippen LogP contribution < -0.4 is 5.32 Å². The fourth-order valence-corrected chi connectivity index (χ4v) is 2.51. The summed E-state index contributed by atoms with van der Waals surface area (Å²) in [6.07, 6.45) is 5.22. The molecule has 0 aliphatic rings. The largest absolute Gasteiger partial charge is 0.322 e. The van der Waals surface area contributed by atoms with E-state index in [2.05, 4.69) is 10.3 Å². The maximum absolute atomic E-state index is 12.2. The van der Waals surface area contributed by atoms with Crippen LogP contribution in [0.15, 0.2) is 47.6 Å². The average Bonchev–Trinajstić information content (AvgIpc) is 2.47. The summed E-state index contributed by atoms with van der Waals surface area (Å²) in [6.45, 7) is 1.98. The van der Waals surface area contributed by atoms with Gasteiger partial charge in [0, 0.05) is 29.9 Å². The van der Waals surface area contributed by atoms with Crippen LogP contribution >= 0.6 is 0 Å². The van der Waals surface area contributed by atoms with Crippen LogP contribution in [0.2, 0.25) is 0 Å². The van der Waals surface area contributed by atoms with E-state index in [9.17, 15) is 13.2 Å². The number of amides is 1. The van der Waals surface area contributed by atoms with E-state index in [0.29, 0.717) is 11.3 Å². The van der Waals surface area contributed by atoms with Gasteiger partial charge in [-0.1, -0.05) is 6.92 Å². The summed E-state index contributed by atoms with van der Waals surface area (Å²) in [5.41, 5.74) is 2.06. The lowest BCUT2D eigenvalue weighted by Gasteiger charge is -2.09. The van der Waals surface area contributed by atoms with Crippen LogP contribution in [-0.2, 0) is 16.3 Å². The fraction of sp³-hybridized carbons (Fsp3) is 0.200. The molecular formula is C15H16N2O3S. The van der Waals surface area contributed by atoms with E-state index >= 15 is 0 Å². The molecule has 0 aliphatic heterocycles. The minimum absolute atomic E-state index is 0.192.